The summed E-state index contributed by atoms with van der Waals surface area (Å²) in [5.74, 6) is 0.918. The van der Waals surface area contributed by atoms with Crippen LogP contribution in [0.4, 0.5) is 17.3 Å². The summed E-state index contributed by atoms with van der Waals surface area (Å²) in [7, 11) is -1.21. The Morgan fingerprint density at radius 2 is 1.71 bits per heavy atom. The Balaban J connectivity index is 1.55. The molecule has 13 heteroatoms. The SMILES string of the molecule is COc1cc(Nc2nc3ccccc3nc2NS(=O)(=O)c2cccc(C(=O)N3CCC3)c2)c(OCCCO)c(OC)c1. The summed E-state index contributed by atoms with van der Waals surface area (Å²) in [6, 6.07) is 16.2. The molecule has 5 rings (SSSR count). The van der Waals surface area contributed by atoms with E-state index >= 15 is 0 Å². The second kappa shape index (κ2) is 12.5. The van der Waals surface area contributed by atoms with Crippen LogP contribution < -0.4 is 24.2 Å². The molecule has 3 aromatic carbocycles. The van der Waals surface area contributed by atoms with Crippen molar-refractivity contribution in [3.05, 3.63) is 66.2 Å². The molecule has 0 saturated carbocycles. The van der Waals surface area contributed by atoms with Gasteiger partial charge in [-0.05, 0) is 36.8 Å². The lowest BCUT2D eigenvalue weighted by Crippen LogP contribution is -2.42. The van der Waals surface area contributed by atoms with Crippen LogP contribution in [-0.4, -0.2) is 74.8 Å². The van der Waals surface area contributed by atoms with Crippen molar-refractivity contribution >= 4 is 44.3 Å². The number of sulfonamides is 1. The third-order valence-corrected chi connectivity index (χ3v) is 7.96. The molecule has 0 unspecified atom stereocenters. The van der Waals surface area contributed by atoms with Crippen LogP contribution in [0.3, 0.4) is 0 Å². The summed E-state index contributed by atoms with van der Waals surface area (Å²) in [6.45, 7) is 1.43. The summed E-state index contributed by atoms with van der Waals surface area (Å²) < 4.78 is 46.6. The van der Waals surface area contributed by atoms with Crippen molar-refractivity contribution in [1.82, 2.24) is 14.9 Å². The van der Waals surface area contributed by atoms with E-state index in [9.17, 15) is 18.3 Å². The number of rotatable bonds is 12. The monoisotopic (exact) mass is 593 g/mol. The lowest BCUT2D eigenvalue weighted by Gasteiger charge is -2.31. The van der Waals surface area contributed by atoms with E-state index in [0.29, 0.717) is 53.5 Å². The van der Waals surface area contributed by atoms with Gasteiger partial charge in [0.1, 0.15) is 5.75 Å². The molecule has 1 aromatic heterocycles. The van der Waals surface area contributed by atoms with Crippen LogP contribution in [0, 0.1) is 0 Å². The standard InChI is InChI=1S/C29H31N5O7S/c1-39-20-17-24(26(25(18-20)40-2)41-15-7-14-35)32-27-28(31-23-11-4-3-10-22(23)30-27)33-42(37,38)21-9-5-8-19(16-21)29(36)34-12-6-13-34/h3-5,8-11,16-18,35H,6-7,12-15H2,1-2H3,(H,30,32)(H,31,33). The zero-order valence-corrected chi connectivity index (χ0v) is 24.0. The molecule has 2 heterocycles. The quantitative estimate of drug-likeness (QED) is 0.207. The topological polar surface area (TPSA) is 152 Å². The molecule has 4 aromatic rings. The highest BCUT2D eigenvalue weighted by Gasteiger charge is 2.25. The van der Waals surface area contributed by atoms with Gasteiger partial charge in [-0.2, -0.15) is 0 Å². The first-order chi connectivity index (χ1) is 20.3. The molecule has 1 fully saturated rings. The number of carbonyl (C=O) groups excluding carboxylic acids is 1. The molecule has 42 heavy (non-hydrogen) atoms. The Hall–Kier alpha value is -4.62. The van der Waals surface area contributed by atoms with E-state index in [4.69, 9.17) is 14.2 Å². The summed E-state index contributed by atoms with van der Waals surface area (Å²) in [5, 5.41) is 12.4. The molecular weight excluding hydrogens is 562 g/mol. The molecule has 0 radical (unpaired) electrons. The summed E-state index contributed by atoms with van der Waals surface area (Å²) >= 11 is 0. The number of methoxy groups -OCH3 is 2. The second-order valence-electron chi connectivity index (χ2n) is 9.45. The van der Waals surface area contributed by atoms with Gasteiger partial charge in [-0.15, -0.1) is 0 Å². The fraction of sp³-hybridized carbons (Fsp3) is 0.276. The highest BCUT2D eigenvalue weighted by Crippen LogP contribution is 2.42. The van der Waals surface area contributed by atoms with Crippen molar-refractivity contribution < 1.29 is 32.5 Å². The van der Waals surface area contributed by atoms with Crippen LogP contribution in [0.25, 0.3) is 11.0 Å². The maximum Gasteiger partial charge on any atom is 0.263 e. The van der Waals surface area contributed by atoms with E-state index in [1.54, 1.807) is 47.4 Å². The van der Waals surface area contributed by atoms with Gasteiger partial charge in [-0.3, -0.25) is 9.52 Å². The summed E-state index contributed by atoms with van der Waals surface area (Å²) in [4.78, 5) is 23.5. The summed E-state index contributed by atoms with van der Waals surface area (Å²) in [5.41, 5.74) is 1.64. The molecule has 0 aliphatic carbocycles. The number of fused-ring (bicyclic) bond motifs is 1. The number of para-hydroxylation sites is 2. The van der Waals surface area contributed by atoms with Gasteiger partial charge >= 0.3 is 0 Å². The van der Waals surface area contributed by atoms with Crippen LogP contribution in [-0.2, 0) is 10.0 Å². The van der Waals surface area contributed by atoms with Crippen molar-refractivity contribution in [2.75, 3.05) is 50.6 Å². The van der Waals surface area contributed by atoms with Gasteiger partial charge < -0.3 is 29.5 Å². The molecule has 220 valence electrons. The van der Waals surface area contributed by atoms with Gasteiger partial charge in [0.2, 0.25) is 0 Å². The molecule has 1 aliphatic heterocycles. The molecule has 0 atom stereocenters. The lowest BCUT2D eigenvalue weighted by molar-refractivity contribution is 0.0651. The third-order valence-electron chi connectivity index (χ3n) is 6.62. The van der Waals surface area contributed by atoms with Gasteiger partial charge in [0, 0.05) is 43.8 Å². The number of benzene rings is 3. The number of amides is 1. The molecule has 0 spiro atoms. The Morgan fingerprint density at radius 1 is 0.976 bits per heavy atom. The van der Waals surface area contributed by atoms with Gasteiger partial charge in [0.15, 0.2) is 23.1 Å². The largest absolute Gasteiger partial charge is 0.497 e. The Kier molecular flexibility index (Phi) is 8.59. The minimum atomic E-state index is -4.19. The van der Waals surface area contributed by atoms with E-state index in [0.717, 1.165) is 6.42 Å². The highest BCUT2D eigenvalue weighted by molar-refractivity contribution is 7.92. The van der Waals surface area contributed by atoms with E-state index in [1.165, 1.54) is 32.4 Å². The van der Waals surface area contributed by atoms with Crippen molar-refractivity contribution in [2.24, 2.45) is 0 Å². The zero-order chi connectivity index (χ0) is 29.7. The molecule has 1 saturated heterocycles. The minimum Gasteiger partial charge on any atom is -0.497 e. The van der Waals surface area contributed by atoms with E-state index in [1.807, 2.05) is 0 Å². The number of nitrogens with zero attached hydrogens (tertiary/aromatic N) is 3. The normalized spacial score (nSPS) is 12.9. The number of carbonyl (C=O) groups is 1. The smallest absolute Gasteiger partial charge is 0.263 e. The molecule has 3 N–H and O–H groups in total. The van der Waals surface area contributed by atoms with E-state index in [2.05, 4.69) is 20.0 Å². The maximum atomic E-state index is 13.6. The predicted octanol–water partition coefficient (Wildman–Crippen LogP) is 3.80. The van der Waals surface area contributed by atoms with Crippen molar-refractivity contribution in [3.8, 4) is 17.2 Å². The predicted molar refractivity (Wildman–Crippen MR) is 157 cm³/mol. The fourth-order valence-corrected chi connectivity index (χ4v) is 5.35. The van der Waals surface area contributed by atoms with Gasteiger partial charge in [0.25, 0.3) is 15.9 Å². The van der Waals surface area contributed by atoms with Crippen LogP contribution in [0.2, 0.25) is 0 Å². The lowest BCUT2D eigenvalue weighted by atomic mass is 10.1. The number of nitrogens with one attached hydrogen (secondary N) is 2. The number of aliphatic hydroxyl groups is 1. The number of aromatic nitrogens is 2. The van der Waals surface area contributed by atoms with Crippen molar-refractivity contribution in [1.29, 1.82) is 0 Å². The first kappa shape index (κ1) is 28.9. The maximum absolute atomic E-state index is 13.6. The molecule has 1 aliphatic rings. The Bertz CT molecular complexity index is 1710. The number of hydrogen-bond acceptors (Lipinski definition) is 10. The number of aliphatic hydroxyl groups excluding tert-OH is 1. The number of ether oxygens (including phenoxy) is 3. The van der Waals surface area contributed by atoms with Crippen LogP contribution in [0.1, 0.15) is 23.2 Å². The van der Waals surface area contributed by atoms with Gasteiger partial charge in [-0.25, -0.2) is 18.4 Å². The highest BCUT2D eigenvalue weighted by atomic mass is 32.2. The first-order valence-electron chi connectivity index (χ1n) is 13.3. The van der Waals surface area contributed by atoms with E-state index < -0.39 is 10.0 Å². The fourth-order valence-electron chi connectivity index (χ4n) is 4.30. The molecule has 0 bridgehead atoms. The van der Waals surface area contributed by atoms with E-state index in [-0.39, 0.29) is 41.2 Å². The van der Waals surface area contributed by atoms with Crippen molar-refractivity contribution in [2.45, 2.75) is 17.7 Å². The second-order valence-corrected chi connectivity index (χ2v) is 11.1. The molecular formula is C29H31N5O7S. The average Bonchev–Trinajstić information content (AvgIpc) is 2.97. The Morgan fingerprint density at radius 3 is 2.36 bits per heavy atom. The number of likely N-dealkylation sites (tertiary alicyclic amines) is 1. The molecule has 12 nitrogen and oxygen atoms in total. The van der Waals surface area contributed by atoms with Crippen molar-refractivity contribution in [3.63, 3.8) is 0 Å². The van der Waals surface area contributed by atoms with Crippen LogP contribution in [0.5, 0.6) is 17.2 Å². The number of hydrogen-bond donors (Lipinski definition) is 3. The molecule has 1 amide bonds. The van der Waals surface area contributed by atoms with Crippen LogP contribution >= 0.6 is 0 Å². The third kappa shape index (κ3) is 6.16. The van der Waals surface area contributed by atoms with Gasteiger partial charge in [0.05, 0.1) is 42.4 Å². The minimum absolute atomic E-state index is 0.0614. The first-order valence-corrected chi connectivity index (χ1v) is 14.8. The van der Waals surface area contributed by atoms with Crippen LogP contribution in [0.15, 0.2) is 65.6 Å². The van der Waals surface area contributed by atoms with Gasteiger partial charge in [-0.1, -0.05) is 18.2 Å². The number of anilines is 3. The summed E-state index contributed by atoms with van der Waals surface area (Å²) in [6.07, 6.45) is 1.31. The average molecular weight is 594 g/mol. The Labute approximate surface area is 243 Å². The zero-order valence-electron chi connectivity index (χ0n) is 23.2.